The van der Waals surface area contributed by atoms with Crippen LogP contribution in [0.1, 0.15) is 15.9 Å². The molecule has 140 valence electrons. The van der Waals surface area contributed by atoms with Crippen molar-refractivity contribution in [3.63, 3.8) is 0 Å². The van der Waals surface area contributed by atoms with Crippen molar-refractivity contribution < 1.29 is 23.8 Å². The monoisotopic (exact) mass is 377 g/mol. The van der Waals surface area contributed by atoms with Crippen LogP contribution in [-0.4, -0.2) is 17.0 Å². The van der Waals surface area contributed by atoms with Gasteiger partial charge in [0.1, 0.15) is 11.4 Å². The van der Waals surface area contributed by atoms with E-state index in [9.17, 15) is 19.1 Å². The number of carboxylic acids is 1. The van der Waals surface area contributed by atoms with Gasteiger partial charge in [-0.05, 0) is 48.0 Å². The Hall–Kier alpha value is -3.93. The van der Waals surface area contributed by atoms with E-state index >= 15 is 0 Å². The second-order valence-electron chi connectivity index (χ2n) is 5.78. The van der Waals surface area contributed by atoms with E-state index in [2.05, 4.69) is 5.32 Å². The number of carbonyl (C=O) groups excluding carboxylic acids is 1. The number of carbonyl (C=O) groups is 2. The van der Waals surface area contributed by atoms with Gasteiger partial charge in [0.15, 0.2) is 11.6 Å². The number of carboxylic acid groups (broad SMARTS) is 1. The molecule has 0 bridgehead atoms. The molecule has 28 heavy (non-hydrogen) atoms. The Kier molecular flexibility index (Phi) is 5.81. The van der Waals surface area contributed by atoms with Crippen molar-refractivity contribution in [3.05, 3.63) is 102 Å². The number of para-hydroxylation sites is 1. The Labute approximate surface area is 160 Å². The highest BCUT2D eigenvalue weighted by Crippen LogP contribution is 2.24. The summed E-state index contributed by atoms with van der Waals surface area (Å²) in [4.78, 5) is 23.6. The summed E-state index contributed by atoms with van der Waals surface area (Å²) in [6, 6.07) is 20.7. The van der Waals surface area contributed by atoms with E-state index in [1.165, 1.54) is 18.2 Å². The molecular formula is C22H16FNO4. The van der Waals surface area contributed by atoms with Gasteiger partial charge in [-0.3, -0.25) is 4.79 Å². The Morgan fingerprint density at radius 3 is 2.18 bits per heavy atom. The Balaban J connectivity index is 1.75. The van der Waals surface area contributed by atoms with Gasteiger partial charge in [-0.1, -0.05) is 42.5 Å². The topological polar surface area (TPSA) is 75.6 Å². The Morgan fingerprint density at radius 1 is 0.893 bits per heavy atom. The Morgan fingerprint density at radius 2 is 1.54 bits per heavy atom. The average Bonchev–Trinajstić information content (AvgIpc) is 2.71. The molecule has 0 atom stereocenters. The van der Waals surface area contributed by atoms with Gasteiger partial charge in [-0.2, -0.15) is 0 Å². The summed E-state index contributed by atoms with van der Waals surface area (Å²) in [7, 11) is 0. The van der Waals surface area contributed by atoms with Gasteiger partial charge in [0.05, 0.1) is 0 Å². The highest BCUT2D eigenvalue weighted by atomic mass is 19.1. The summed E-state index contributed by atoms with van der Waals surface area (Å²) in [6.45, 7) is 0. The predicted molar refractivity (Wildman–Crippen MR) is 102 cm³/mol. The molecule has 5 nitrogen and oxygen atoms in total. The van der Waals surface area contributed by atoms with Gasteiger partial charge < -0.3 is 15.2 Å². The fourth-order valence-corrected chi connectivity index (χ4v) is 2.39. The maximum Gasteiger partial charge on any atom is 0.352 e. The van der Waals surface area contributed by atoms with Gasteiger partial charge in [-0.15, -0.1) is 0 Å². The van der Waals surface area contributed by atoms with E-state index in [1.54, 1.807) is 66.7 Å². The summed E-state index contributed by atoms with van der Waals surface area (Å²) in [5.74, 6) is -1.78. The quantitative estimate of drug-likeness (QED) is 0.622. The maximum atomic E-state index is 13.6. The van der Waals surface area contributed by atoms with Crippen molar-refractivity contribution in [3.8, 4) is 11.5 Å². The third-order valence-electron chi connectivity index (χ3n) is 3.77. The number of halogens is 1. The number of benzene rings is 3. The van der Waals surface area contributed by atoms with Gasteiger partial charge >= 0.3 is 5.97 Å². The van der Waals surface area contributed by atoms with E-state index in [0.29, 0.717) is 16.9 Å². The van der Waals surface area contributed by atoms with Gasteiger partial charge in [0.25, 0.3) is 5.91 Å². The zero-order valence-corrected chi connectivity index (χ0v) is 14.6. The first-order valence-corrected chi connectivity index (χ1v) is 8.37. The second kappa shape index (κ2) is 8.64. The SMILES string of the molecule is O=C(O)/C(=C\c1ccc(Oc2ccccc2F)cc1)NC(=O)c1ccccc1. The first-order chi connectivity index (χ1) is 13.5. The van der Waals surface area contributed by atoms with E-state index in [0.717, 1.165) is 0 Å². The number of nitrogens with one attached hydrogen (secondary N) is 1. The molecule has 0 aromatic heterocycles. The van der Waals surface area contributed by atoms with Crippen molar-refractivity contribution in [2.45, 2.75) is 0 Å². The minimum atomic E-state index is -1.27. The number of ether oxygens (including phenoxy) is 1. The van der Waals surface area contributed by atoms with Crippen molar-refractivity contribution in [2.75, 3.05) is 0 Å². The summed E-state index contributed by atoms with van der Waals surface area (Å²) in [5.41, 5.74) is 0.617. The van der Waals surface area contributed by atoms with Crippen LogP contribution in [0.5, 0.6) is 11.5 Å². The summed E-state index contributed by atoms with van der Waals surface area (Å²) >= 11 is 0. The smallest absolute Gasteiger partial charge is 0.352 e. The fourth-order valence-electron chi connectivity index (χ4n) is 2.39. The standard InChI is InChI=1S/C22H16FNO4/c23-18-8-4-5-9-20(18)28-17-12-10-15(11-13-17)14-19(22(26)27)24-21(25)16-6-2-1-3-7-16/h1-14H,(H,24,25)(H,26,27)/b19-14+. The molecule has 0 aliphatic heterocycles. The van der Waals surface area contributed by atoms with Crippen LogP contribution in [0.15, 0.2) is 84.6 Å². The molecule has 2 N–H and O–H groups in total. The number of rotatable bonds is 6. The molecule has 3 rings (SSSR count). The molecule has 0 aliphatic carbocycles. The molecule has 0 aliphatic rings. The lowest BCUT2D eigenvalue weighted by atomic mass is 10.1. The van der Waals surface area contributed by atoms with Crippen LogP contribution < -0.4 is 10.1 Å². The van der Waals surface area contributed by atoms with E-state index in [-0.39, 0.29) is 11.4 Å². The minimum Gasteiger partial charge on any atom is -0.477 e. The molecule has 0 radical (unpaired) electrons. The first-order valence-electron chi connectivity index (χ1n) is 8.37. The third-order valence-corrected chi connectivity index (χ3v) is 3.77. The van der Waals surface area contributed by atoms with Crippen LogP contribution in [-0.2, 0) is 4.79 Å². The second-order valence-corrected chi connectivity index (χ2v) is 5.78. The van der Waals surface area contributed by atoms with Crippen molar-refractivity contribution >= 4 is 18.0 Å². The molecule has 0 fully saturated rings. The van der Waals surface area contributed by atoms with Crippen molar-refractivity contribution in [1.29, 1.82) is 0 Å². The van der Waals surface area contributed by atoms with Crippen molar-refractivity contribution in [2.24, 2.45) is 0 Å². The zero-order chi connectivity index (χ0) is 19.9. The first kappa shape index (κ1) is 18.8. The average molecular weight is 377 g/mol. The van der Waals surface area contributed by atoms with Crippen LogP contribution in [0.3, 0.4) is 0 Å². The van der Waals surface area contributed by atoms with Gasteiger partial charge in [-0.25, -0.2) is 9.18 Å². The molecule has 3 aromatic carbocycles. The maximum absolute atomic E-state index is 13.6. The molecule has 3 aromatic rings. The van der Waals surface area contributed by atoms with E-state index in [4.69, 9.17) is 4.74 Å². The molecule has 0 unspecified atom stereocenters. The van der Waals surface area contributed by atoms with Gasteiger partial charge in [0, 0.05) is 5.56 Å². The number of hydrogen-bond donors (Lipinski definition) is 2. The summed E-state index contributed by atoms with van der Waals surface area (Å²) in [6.07, 6.45) is 1.33. The fraction of sp³-hybridized carbons (Fsp3) is 0. The predicted octanol–water partition coefficient (Wildman–Crippen LogP) is 4.47. The van der Waals surface area contributed by atoms with Crippen LogP contribution in [0.4, 0.5) is 4.39 Å². The van der Waals surface area contributed by atoms with Crippen molar-refractivity contribution in [1.82, 2.24) is 5.32 Å². The Bertz CT molecular complexity index is 1010. The largest absolute Gasteiger partial charge is 0.477 e. The molecule has 0 spiro atoms. The summed E-state index contributed by atoms with van der Waals surface area (Å²) in [5, 5.41) is 11.7. The molecule has 6 heteroatoms. The van der Waals surface area contributed by atoms with Crippen LogP contribution in [0.2, 0.25) is 0 Å². The lowest BCUT2D eigenvalue weighted by Gasteiger charge is -2.08. The third kappa shape index (κ3) is 4.82. The normalized spacial score (nSPS) is 11.0. The van der Waals surface area contributed by atoms with Gasteiger partial charge in [0.2, 0.25) is 0 Å². The minimum absolute atomic E-state index is 0.0899. The lowest BCUT2D eigenvalue weighted by Crippen LogP contribution is -2.27. The van der Waals surface area contributed by atoms with Crippen LogP contribution in [0, 0.1) is 5.82 Å². The highest BCUT2D eigenvalue weighted by molar-refractivity contribution is 6.02. The molecule has 0 heterocycles. The molecule has 0 saturated heterocycles. The zero-order valence-electron chi connectivity index (χ0n) is 14.6. The molecule has 1 amide bonds. The lowest BCUT2D eigenvalue weighted by molar-refractivity contribution is -0.132. The van der Waals surface area contributed by atoms with E-state index in [1.807, 2.05) is 0 Å². The van der Waals surface area contributed by atoms with Crippen LogP contribution >= 0.6 is 0 Å². The van der Waals surface area contributed by atoms with Crippen LogP contribution in [0.25, 0.3) is 6.08 Å². The number of hydrogen-bond acceptors (Lipinski definition) is 3. The highest BCUT2D eigenvalue weighted by Gasteiger charge is 2.13. The molecular weight excluding hydrogens is 361 g/mol. The summed E-state index contributed by atoms with van der Waals surface area (Å²) < 4.78 is 19.1. The number of aliphatic carboxylic acids is 1. The number of amides is 1. The molecule has 0 saturated carbocycles. The van der Waals surface area contributed by atoms with E-state index < -0.39 is 17.7 Å².